The van der Waals surface area contributed by atoms with Crippen molar-refractivity contribution in [1.29, 1.82) is 0 Å². The first-order chi connectivity index (χ1) is 10.5. The lowest BCUT2D eigenvalue weighted by Gasteiger charge is -2.18. The number of anilines is 1. The molecule has 0 aliphatic heterocycles. The molecular weight excluding hydrogens is 278 g/mol. The smallest absolute Gasteiger partial charge is 0.303 e. The first kappa shape index (κ1) is 15.8. The molecule has 0 atom stereocenters. The van der Waals surface area contributed by atoms with Gasteiger partial charge in [0.05, 0.1) is 0 Å². The van der Waals surface area contributed by atoms with Crippen LogP contribution >= 0.6 is 0 Å². The van der Waals surface area contributed by atoms with E-state index >= 15 is 0 Å². The predicted molar refractivity (Wildman–Crippen MR) is 86.3 cm³/mol. The quantitative estimate of drug-likeness (QED) is 0.921. The average Bonchev–Trinajstić information content (AvgIpc) is 2.53. The number of carboxylic acid groups (broad SMARTS) is 1. The number of carboxylic acids is 1. The van der Waals surface area contributed by atoms with Crippen LogP contribution < -0.4 is 4.90 Å². The van der Waals surface area contributed by atoms with Crippen LogP contribution in [0.1, 0.15) is 27.9 Å². The maximum absolute atomic E-state index is 12.4. The number of rotatable bonds is 5. The van der Waals surface area contributed by atoms with Crippen molar-refractivity contribution in [2.45, 2.75) is 19.8 Å². The largest absolute Gasteiger partial charge is 0.481 e. The van der Waals surface area contributed by atoms with Gasteiger partial charge in [0.1, 0.15) is 0 Å². The summed E-state index contributed by atoms with van der Waals surface area (Å²) >= 11 is 0. The van der Waals surface area contributed by atoms with Gasteiger partial charge in [0.2, 0.25) is 0 Å². The number of nitrogens with zero attached hydrogens (tertiary/aromatic N) is 1. The molecule has 1 amide bonds. The van der Waals surface area contributed by atoms with Gasteiger partial charge in [0.25, 0.3) is 5.91 Å². The van der Waals surface area contributed by atoms with Gasteiger partial charge < -0.3 is 10.0 Å². The summed E-state index contributed by atoms with van der Waals surface area (Å²) in [5.41, 5.74) is 3.48. The third kappa shape index (κ3) is 3.95. The molecule has 2 aromatic carbocycles. The Kier molecular flexibility index (Phi) is 4.94. The van der Waals surface area contributed by atoms with Crippen molar-refractivity contribution in [1.82, 2.24) is 0 Å². The molecular formula is C18H19NO3. The van der Waals surface area contributed by atoms with Crippen molar-refractivity contribution in [3.8, 4) is 0 Å². The van der Waals surface area contributed by atoms with E-state index in [1.54, 1.807) is 11.9 Å². The molecule has 1 N–H and O–H groups in total. The van der Waals surface area contributed by atoms with Crippen LogP contribution in [0.5, 0.6) is 0 Å². The summed E-state index contributed by atoms with van der Waals surface area (Å²) in [4.78, 5) is 24.6. The first-order valence-electron chi connectivity index (χ1n) is 7.13. The van der Waals surface area contributed by atoms with Gasteiger partial charge in [-0.25, -0.2) is 0 Å². The SMILES string of the molecule is Cc1ccc(C(=O)N(C)c2ccc(CCC(=O)O)cc2)cc1. The zero-order valence-electron chi connectivity index (χ0n) is 12.7. The van der Waals surface area contributed by atoms with Gasteiger partial charge in [0.15, 0.2) is 0 Å². The van der Waals surface area contributed by atoms with Crippen molar-refractivity contribution >= 4 is 17.6 Å². The second-order valence-corrected chi connectivity index (χ2v) is 5.29. The highest BCUT2D eigenvalue weighted by molar-refractivity contribution is 6.05. The molecule has 0 aliphatic carbocycles. The molecule has 4 heteroatoms. The van der Waals surface area contributed by atoms with Crippen LogP contribution in [0.4, 0.5) is 5.69 Å². The Balaban J connectivity index is 2.08. The van der Waals surface area contributed by atoms with E-state index in [1.165, 1.54) is 0 Å². The van der Waals surface area contributed by atoms with Crippen molar-refractivity contribution in [2.75, 3.05) is 11.9 Å². The molecule has 0 saturated heterocycles. The van der Waals surface area contributed by atoms with Crippen molar-refractivity contribution < 1.29 is 14.7 Å². The zero-order valence-corrected chi connectivity index (χ0v) is 12.7. The number of benzene rings is 2. The van der Waals surface area contributed by atoms with E-state index in [-0.39, 0.29) is 12.3 Å². The lowest BCUT2D eigenvalue weighted by molar-refractivity contribution is -0.136. The Morgan fingerprint density at radius 3 is 2.14 bits per heavy atom. The second kappa shape index (κ2) is 6.89. The number of amides is 1. The molecule has 0 saturated carbocycles. The molecule has 0 unspecified atom stereocenters. The minimum Gasteiger partial charge on any atom is -0.481 e. The molecule has 114 valence electrons. The van der Waals surface area contributed by atoms with Gasteiger partial charge in [-0.3, -0.25) is 9.59 Å². The van der Waals surface area contributed by atoms with Crippen LogP contribution in [-0.2, 0) is 11.2 Å². The summed E-state index contributed by atoms with van der Waals surface area (Å²) in [5, 5.41) is 8.68. The average molecular weight is 297 g/mol. The molecule has 0 radical (unpaired) electrons. The third-order valence-electron chi connectivity index (χ3n) is 3.55. The van der Waals surface area contributed by atoms with E-state index in [1.807, 2.05) is 55.5 Å². The molecule has 4 nitrogen and oxygen atoms in total. The first-order valence-corrected chi connectivity index (χ1v) is 7.13. The van der Waals surface area contributed by atoms with Gasteiger partial charge in [-0.1, -0.05) is 29.8 Å². The molecule has 0 heterocycles. The van der Waals surface area contributed by atoms with Crippen molar-refractivity contribution in [2.24, 2.45) is 0 Å². The van der Waals surface area contributed by atoms with E-state index in [0.717, 1.165) is 16.8 Å². The lowest BCUT2D eigenvalue weighted by atomic mass is 10.1. The summed E-state index contributed by atoms with van der Waals surface area (Å²) in [6, 6.07) is 14.8. The summed E-state index contributed by atoms with van der Waals surface area (Å²) in [7, 11) is 1.73. The number of carbonyl (C=O) groups is 2. The second-order valence-electron chi connectivity index (χ2n) is 5.29. The highest BCUT2D eigenvalue weighted by Gasteiger charge is 2.13. The van der Waals surface area contributed by atoms with Gasteiger partial charge in [-0.05, 0) is 43.2 Å². The van der Waals surface area contributed by atoms with E-state index < -0.39 is 5.97 Å². The molecule has 0 aliphatic rings. The Morgan fingerprint density at radius 1 is 1.00 bits per heavy atom. The molecule has 2 rings (SSSR count). The number of carbonyl (C=O) groups excluding carboxylic acids is 1. The molecule has 0 aromatic heterocycles. The molecule has 0 spiro atoms. The van der Waals surface area contributed by atoms with Crippen LogP contribution in [-0.4, -0.2) is 24.0 Å². The normalized spacial score (nSPS) is 10.3. The highest BCUT2D eigenvalue weighted by Crippen LogP contribution is 2.17. The monoisotopic (exact) mass is 297 g/mol. The lowest BCUT2D eigenvalue weighted by Crippen LogP contribution is -2.26. The van der Waals surface area contributed by atoms with E-state index in [0.29, 0.717) is 12.0 Å². The molecule has 0 fully saturated rings. The summed E-state index contributed by atoms with van der Waals surface area (Å²) < 4.78 is 0. The molecule has 0 bridgehead atoms. The van der Waals surface area contributed by atoms with Crippen molar-refractivity contribution in [3.63, 3.8) is 0 Å². The fourth-order valence-electron chi connectivity index (χ4n) is 2.14. The van der Waals surface area contributed by atoms with Gasteiger partial charge in [-0.15, -0.1) is 0 Å². The standard InChI is InChI=1S/C18H19NO3/c1-13-3-8-15(9-4-13)18(22)19(2)16-10-5-14(6-11-16)7-12-17(20)21/h3-6,8-11H,7,12H2,1-2H3,(H,20,21). The minimum atomic E-state index is -0.809. The minimum absolute atomic E-state index is 0.0710. The number of aliphatic carboxylic acids is 1. The Bertz CT molecular complexity index is 660. The van der Waals surface area contributed by atoms with Gasteiger partial charge in [0, 0.05) is 24.7 Å². The van der Waals surface area contributed by atoms with Crippen LogP contribution in [0.15, 0.2) is 48.5 Å². The van der Waals surface area contributed by atoms with Crippen LogP contribution in [0.2, 0.25) is 0 Å². The van der Waals surface area contributed by atoms with E-state index in [9.17, 15) is 9.59 Å². The Morgan fingerprint density at radius 2 is 1.59 bits per heavy atom. The van der Waals surface area contributed by atoms with Gasteiger partial charge in [-0.2, -0.15) is 0 Å². The topological polar surface area (TPSA) is 57.6 Å². The predicted octanol–water partition coefficient (Wildman–Crippen LogP) is 3.29. The highest BCUT2D eigenvalue weighted by atomic mass is 16.4. The third-order valence-corrected chi connectivity index (χ3v) is 3.55. The Hall–Kier alpha value is -2.62. The summed E-state index contributed by atoms with van der Waals surface area (Å²) in [6.07, 6.45) is 0.600. The zero-order chi connectivity index (χ0) is 16.1. The number of hydrogen-bond acceptors (Lipinski definition) is 2. The van der Waals surface area contributed by atoms with Crippen LogP contribution in [0, 0.1) is 6.92 Å². The number of hydrogen-bond donors (Lipinski definition) is 1. The molecule has 22 heavy (non-hydrogen) atoms. The number of aryl methyl sites for hydroxylation is 2. The summed E-state index contributed by atoms with van der Waals surface area (Å²) in [6.45, 7) is 1.98. The maximum atomic E-state index is 12.4. The summed E-state index contributed by atoms with van der Waals surface area (Å²) in [5.74, 6) is -0.881. The van der Waals surface area contributed by atoms with Gasteiger partial charge >= 0.3 is 5.97 Å². The fourth-order valence-corrected chi connectivity index (χ4v) is 2.14. The van der Waals surface area contributed by atoms with E-state index in [4.69, 9.17) is 5.11 Å². The fraction of sp³-hybridized carbons (Fsp3) is 0.222. The Labute approximate surface area is 130 Å². The van der Waals surface area contributed by atoms with Crippen LogP contribution in [0.25, 0.3) is 0 Å². The maximum Gasteiger partial charge on any atom is 0.303 e. The molecule has 2 aromatic rings. The van der Waals surface area contributed by atoms with Crippen molar-refractivity contribution in [3.05, 3.63) is 65.2 Å². The van der Waals surface area contributed by atoms with E-state index in [2.05, 4.69) is 0 Å². The van der Waals surface area contributed by atoms with Crippen LogP contribution in [0.3, 0.4) is 0 Å².